The first kappa shape index (κ1) is 14.0. The summed E-state index contributed by atoms with van der Waals surface area (Å²) in [6, 6.07) is 10.0. The van der Waals surface area contributed by atoms with Crippen LogP contribution in [0.3, 0.4) is 0 Å². The minimum atomic E-state index is 0.139. The first-order chi connectivity index (χ1) is 10.2. The highest BCUT2D eigenvalue weighted by Crippen LogP contribution is 2.25. The average Bonchev–Trinajstić information content (AvgIpc) is 2.83. The molecule has 0 bridgehead atoms. The van der Waals surface area contributed by atoms with Gasteiger partial charge in [0.1, 0.15) is 11.3 Å². The van der Waals surface area contributed by atoms with Gasteiger partial charge < -0.3 is 9.67 Å². The van der Waals surface area contributed by atoms with Crippen LogP contribution in [-0.4, -0.2) is 26.2 Å². The van der Waals surface area contributed by atoms with Gasteiger partial charge in [-0.15, -0.1) is 0 Å². The molecule has 0 spiro atoms. The van der Waals surface area contributed by atoms with Gasteiger partial charge in [0.2, 0.25) is 0 Å². The molecule has 5 heteroatoms. The van der Waals surface area contributed by atoms with E-state index in [1.165, 1.54) is 5.56 Å². The summed E-state index contributed by atoms with van der Waals surface area (Å²) in [5, 5.41) is 9.68. The highest BCUT2D eigenvalue weighted by Gasteiger charge is 2.13. The lowest BCUT2D eigenvalue weighted by Gasteiger charge is -2.08. The van der Waals surface area contributed by atoms with E-state index in [4.69, 9.17) is 16.7 Å². The number of benzene rings is 1. The summed E-state index contributed by atoms with van der Waals surface area (Å²) in [4.78, 5) is 9.04. The van der Waals surface area contributed by atoms with E-state index in [-0.39, 0.29) is 6.61 Å². The van der Waals surface area contributed by atoms with Crippen LogP contribution < -0.4 is 0 Å². The molecule has 0 aliphatic rings. The molecule has 0 fully saturated rings. The number of aromatic nitrogens is 3. The number of hydrogen-bond donors (Lipinski definition) is 1. The second-order valence-corrected chi connectivity index (χ2v) is 5.46. The second kappa shape index (κ2) is 5.84. The number of hydrogen-bond acceptors (Lipinski definition) is 3. The lowest BCUT2D eigenvalue weighted by atomic mass is 10.1. The SMILES string of the molecule is Cc1ccc(-c2nc3cc(Cl)cnc3n2CCCO)cc1. The number of halogens is 1. The zero-order valence-electron chi connectivity index (χ0n) is 11.8. The van der Waals surface area contributed by atoms with Crippen LogP contribution in [0.1, 0.15) is 12.0 Å². The van der Waals surface area contributed by atoms with Crippen molar-refractivity contribution in [3.8, 4) is 11.4 Å². The highest BCUT2D eigenvalue weighted by atomic mass is 35.5. The van der Waals surface area contributed by atoms with Gasteiger partial charge in [-0.25, -0.2) is 9.97 Å². The predicted molar refractivity (Wildman–Crippen MR) is 84.4 cm³/mol. The molecular formula is C16H16ClN3O. The molecule has 2 heterocycles. The number of nitrogens with zero attached hydrogens (tertiary/aromatic N) is 3. The van der Waals surface area contributed by atoms with Crippen molar-refractivity contribution in [3.05, 3.63) is 47.1 Å². The van der Waals surface area contributed by atoms with Gasteiger partial charge in [-0.2, -0.15) is 0 Å². The zero-order chi connectivity index (χ0) is 14.8. The van der Waals surface area contributed by atoms with Crippen LogP contribution in [0, 0.1) is 6.92 Å². The Bertz CT molecular complexity index is 765. The quantitative estimate of drug-likeness (QED) is 0.803. The average molecular weight is 302 g/mol. The monoisotopic (exact) mass is 301 g/mol. The molecule has 4 nitrogen and oxygen atoms in total. The largest absolute Gasteiger partial charge is 0.396 e. The number of imidazole rings is 1. The molecule has 0 aliphatic carbocycles. The minimum Gasteiger partial charge on any atom is -0.396 e. The molecule has 0 saturated carbocycles. The molecule has 2 aromatic heterocycles. The van der Waals surface area contributed by atoms with Crippen LogP contribution in [0.4, 0.5) is 0 Å². The van der Waals surface area contributed by atoms with Crippen molar-refractivity contribution < 1.29 is 5.11 Å². The molecule has 0 amide bonds. The molecule has 0 aliphatic heterocycles. The Morgan fingerprint density at radius 2 is 2.00 bits per heavy atom. The summed E-state index contributed by atoms with van der Waals surface area (Å²) >= 11 is 6.00. The van der Waals surface area contributed by atoms with Crippen LogP contribution in [0.25, 0.3) is 22.6 Å². The smallest absolute Gasteiger partial charge is 0.160 e. The lowest BCUT2D eigenvalue weighted by Crippen LogP contribution is -2.03. The van der Waals surface area contributed by atoms with Gasteiger partial charge in [-0.1, -0.05) is 41.4 Å². The zero-order valence-corrected chi connectivity index (χ0v) is 12.5. The lowest BCUT2D eigenvalue weighted by molar-refractivity contribution is 0.280. The Balaban J connectivity index is 2.17. The Morgan fingerprint density at radius 3 is 2.71 bits per heavy atom. The Hall–Kier alpha value is -1.91. The maximum absolute atomic E-state index is 9.10. The maximum Gasteiger partial charge on any atom is 0.160 e. The summed E-state index contributed by atoms with van der Waals surface area (Å²) in [7, 11) is 0. The van der Waals surface area contributed by atoms with Gasteiger partial charge in [0, 0.05) is 24.9 Å². The molecule has 108 valence electrons. The predicted octanol–water partition coefficient (Wildman–Crippen LogP) is 3.44. The third-order valence-electron chi connectivity index (χ3n) is 3.40. The Labute approximate surface area is 128 Å². The number of aryl methyl sites for hydroxylation is 2. The van der Waals surface area contributed by atoms with Crippen molar-refractivity contribution in [2.24, 2.45) is 0 Å². The van der Waals surface area contributed by atoms with Crippen LogP contribution >= 0.6 is 11.6 Å². The fraction of sp³-hybridized carbons (Fsp3) is 0.250. The van der Waals surface area contributed by atoms with Crippen molar-refractivity contribution >= 4 is 22.8 Å². The van der Waals surface area contributed by atoms with E-state index in [2.05, 4.69) is 29.0 Å². The summed E-state index contributed by atoms with van der Waals surface area (Å²) < 4.78 is 2.03. The van der Waals surface area contributed by atoms with Crippen molar-refractivity contribution in [2.45, 2.75) is 19.9 Å². The standard InChI is InChI=1S/C16H16ClN3O/c1-11-3-5-12(6-4-11)15-19-14-9-13(17)10-18-16(14)20(15)7-2-8-21/h3-6,9-10,21H,2,7-8H2,1H3. The fourth-order valence-corrected chi connectivity index (χ4v) is 2.50. The molecule has 1 aromatic carbocycles. The number of aliphatic hydroxyl groups excluding tert-OH is 1. The first-order valence-electron chi connectivity index (χ1n) is 6.89. The Morgan fingerprint density at radius 1 is 1.24 bits per heavy atom. The topological polar surface area (TPSA) is 50.9 Å². The molecular weight excluding hydrogens is 286 g/mol. The van der Waals surface area contributed by atoms with Crippen LogP contribution in [0.2, 0.25) is 5.02 Å². The van der Waals surface area contributed by atoms with Crippen molar-refractivity contribution in [3.63, 3.8) is 0 Å². The van der Waals surface area contributed by atoms with E-state index >= 15 is 0 Å². The molecule has 0 unspecified atom stereocenters. The van der Waals surface area contributed by atoms with Crippen LogP contribution in [0.5, 0.6) is 0 Å². The molecule has 3 aromatic rings. The van der Waals surface area contributed by atoms with E-state index in [1.807, 2.05) is 22.8 Å². The molecule has 0 saturated heterocycles. The normalized spacial score (nSPS) is 11.2. The molecule has 0 atom stereocenters. The molecule has 21 heavy (non-hydrogen) atoms. The van der Waals surface area contributed by atoms with Gasteiger partial charge in [-0.3, -0.25) is 0 Å². The van der Waals surface area contributed by atoms with Gasteiger partial charge >= 0.3 is 0 Å². The first-order valence-corrected chi connectivity index (χ1v) is 7.26. The summed E-state index contributed by atoms with van der Waals surface area (Å²) in [6.45, 7) is 2.87. The van der Waals surface area contributed by atoms with Gasteiger partial charge in [0.15, 0.2) is 5.65 Å². The maximum atomic E-state index is 9.10. The van der Waals surface area contributed by atoms with Crippen LogP contribution in [-0.2, 0) is 6.54 Å². The van der Waals surface area contributed by atoms with Gasteiger partial charge in [0.05, 0.1) is 5.02 Å². The minimum absolute atomic E-state index is 0.139. The second-order valence-electron chi connectivity index (χ2n) is 5.03. The van der Waals surface area contributed by atoms with Crippen molar-refractivity contribution in [1.82, 2.24) is 14.5 Å². The molecule has 1 N–H and O–H groups in total. The molecule has 0 radical (unpaired) electrons. The van der Waals surface area contributed by atoms with Crippen molar-refractivity contribution in [2.75, 3.05) is 6.61 Å². The molecule has 3 rings (SSSR count). The third kappa shape index (κ3) is 2.77. The van der Waals surface area contributed by atoms with Gasteiger partial charge in [-0.05, 0) is 19.4 Å². The summed E-state index contributed by atoms with van der Waals surface area (Å²) in [5.41, 5.74) is 3.81. The van der Waals surface area contributed by atoms with E-state index < -0.39 is 0 Å². The van der Waals surface area contributed by atoms with E-state index in [0.717, 1.165) is 22.6 Å². The van der Waals surface area contributed by atoms with E-state index in [9.17, 15) is 0 Å². The number of pyridine rings is 1. The Kier molecular flexibility index (Phi) is 3.90. The van der Waals surface area contributed by atoms with Crippen LogP contribution in [0.15, 0.2) is 36.5 Å². The van der Waals surface area contributed by atoms with Gasteiger partial charge in [0.25, 0.3) is 0 Å². The van der Waals surface area contributed by atoms with Crippen molar-refractivity contribution in [1.29, 1.82) is 0 Å². The summed E-state index contributed by atoms with van der Waals surface area (Å²) in [5.74, 6) is 0.855. The van der Waals surface area contributed by atoms with E-state index in [1.54, 1.807) is 6.20 Å². The highest BCUT2D eigenvalue weighted by molar-refractivity contribution is 6.31. The summed E-state index contributed by atoms with van der Waals surface area (Å²) in [6.07, 6.45) is 2.29. The van der Waals surface area contributed by atoms with E-state index in [0.29, 0.717) is 18.0 Å². The fourth-order valence-electron chi connectivity index (χ4n) is 2.35. The number of rotatable bonds is 4. The third-order valence-corrected chi connectivity index (χ3v) is 3.61. The number of fused-ring (bicyclic) bond motifs is 1. The number of aliphatic hydroxyl groups is 1.